The Morgan fingerprint density at radius 3 is 2.13 bits per heavy atom. The van der Waals surface area contributed by atoms with Gasteiger partial charge in [0, 0.05) is 16.7 Å². The number of halogens is 1. The van der Waals surface area contributed by atoms with Crippen LogP contribution in [0.25, 0.3) is 6.08 Å². The maximum absolute atomic E-state index is 13.3. The first-order valence-corrected chi connectivity index (χ1v) is 12.8. The third kappa shape index (κ3) is 7.35. The van der Waals surface area contributed by atoms with Crippen molar-refractivity contribution in [2.75, 3.05) is 10.6 Å². The normalized spacial score (nSPS) is 11.6. The van der Waals surface area contributed by atoms with Crippen molar-refractivity contribution in [2.45, 2.75) is 10.1 Å². The summed E-state index contributed by atoms with van der Waals surface area (Å²) in [7, 11) is 0. The number of carboxylic acid groups (broad SMARTS) is 1. The van der Waals surface area contributed by atoms with E-state index in [1.165, 1.54) is 36.0 Å². The van der Waals surface area contributed by atoms with E-state index in [-0.39, 0.29) is 28.1 Å². The minimum absolute atomic E-state index is 0.0184. The first kappa shape index (κ1) is 26.7. The summed E-state index contributed by atoms with van der Waals surface area (Å²) in [5.41, 5.74) is 2.55. The van der Waals surface area contributed by atoms with E-state index in [2.05, 4.69) is 10.6 Å². The molecule has 6 nitrogen and oxygen atoms in total. The fourth-order valence-electron chi connectivity index (χ4n) is 3.53. The van der Waals surface area contributed by atoms with Gasteiger partial charge >= 0.3 is 5.97 Å². The summed E-state index contributed by atoms with van der Waals surface area (Å²) >= 11 is 7.54. The van der Waals surface area contributed by atoms with Crippen molar-refractivity contribution < 1.29 is 19.5 Å². The summed E-state index contributed by atoms with van der Waals surface area (Å²) in [4.78, 5) is 37.8. The monoisotopic (exact) mass is 542 g/mol. The number of carboxylic acids is 1. The van der Waals surface area contributed by atoms with Gasteiger partial charge in [0.1, 0.15) is 5.25 Å². The summed E-state index contributed by atoms with van der Waals surface area (Å²) < 4.78 is 0. The third-order valence-corrected chi connectivity index (χ3v) is 7.01. The molecule has 0 fully saturated rings. The largest absolute Gasteiger partial charge is 0.478 e. The van der Waals surface area contributed by atoms with Crippen LogP contribution in [0, 0.1) is 0 Å². The molecule has 4 aromatic rings. The minimum Gasteiger partial charge on any atom is -0.478 e. The molecule has 0 spiro atoms. The van der Waals surface area contributed by atoms with E-state index in [1.54, 1.807) is 18.2 Å². The zero-order valence-corrected chi connectivity index (χ0v) is 21.6. The number of hydrogen-bond acceptors (Lipinski definition) is 4. The highest BCUT2D eigenvalue weighted by Crippen LogP contribution is 2.37. The van der Waals surface area contributed by atoms with Crippen LogP contribution in [0.1, 0.15) is 26.7 Å². The summed E-state index contributed by atoms with van der Waals surface area (Å²) in [6.07, 6.45) is 3.21. The quantitative estimate of drug-likeness (QED) is 0.154. The molecule has 0 aromatic heterocycles. The molecule has 0 heterocycles. The molecule has 8 heteroatoms. The lowest BCUT2D eigenvalue weighted by atomic mass is 10.1. The number of benzene rings is 4. The lowest BCUT2D eigenvalue weighted by Gasteiger charge is -2.18. The molecular formula is C30H23ClN2O4S. The van der Waals surface area contributed by atoms with E-state index in [0.29, 0.717) is 5.69 Å². The average molecular weight is 543 g/mol. The van der Waals surface area contributed by atoms with E-state index in [4.69, 9.17) is 11.6 Å². The number of thioether (sulfide) groups is 1. The number of carbonyl (C=O) groups is 3. The number of nitrogens with one attached hydrogen (secondary N) is 2. The van der Waals surface area contributed by atoms with E-state index >= 15 is 0 Å². The molecule has 0 saturated carbocycles. The minimum atomic E-state index is -1.12. The highest BCUT2D eigenvalue weighted by molar-refractivity contribution is 8.00. The van der Waals surface area contributed by atoms with Crippen LogP contribution in [-0.2, 0) is 9.59 Å². The van der Waals surface area contributed by atoms with Crippen LogP contribution in [0.15, 0.2) is 114 Å². The fourth-order valence-corrected chi connectivity index (χ4v) is 4.72. The molecule has 0 aliphatic rings. The molecular weight excluding hydrogens is 520 g/mol. The second kappa shape index (κ2) is 12.8. The Balaban J connectivity index is 1.47. The SMILES string of the molecule is O=C(/C=C/c1ccccc1)Nc1ccc(SC(C(=O)Nc2cc(C(=O)O)ccc2Cl)c2ccccc2)cc1. The van der Waals surface area contributed by atoms with Gasteiger partial charge in [-0.05, 0) is 59.7 Å². The Labute approximate surface area is 229 Å². The molecule has 4 rings (SSSR count). The van der Waals surface area contributed by atoms with Gasteiger partial charge in [-0.3, -0.25) is 9.59 Å². The van der Waals surface area contributed by atoms with E-state index in [1.807, 2.05) is 72.8 Å². The van der Waals surface area contributed by atoms with Crippen molar-refractivity contribution in [3.05, 3.63) is 131 Å². The fraction of sp³-hybridized carbons (Fsp3) is 0.0333. The van der Waals surface area contributed by atoms with Crippen molar-refractivity contribution in [2.24, 2.45) is 0 Å². The van der Waals surface area contributed by atoms with Gasteiger partial charge in [0.05, 0.1) is 16.3 Å². The number of carbonyl (C=O) groups excluding carboxylic acids is 2. The lowest BCUT2D eigenvalue weighted by Crippen LogP contribution is -2.19. The first-order chi connectivity index (χ1) is 18.4. The molecule has 4 aromatic carbocycles. The topological polar surface area (TPSA) is 95.5 Å². The molecule has 1 atom stereocenters. The Morgan fingerprint density at radius 1 is 0.816 bits per heavy atom. The van der Waals surface area contributed by atoms with Gasteiger partial charge in [0.15, 0.2) is 0 Å². The molecule has 0 aliphatic carbocycles. The Kier molecular flexibility index (Phi) is 8.98. The van der Waals surface area contributed by atoms with Gasteiger partial charge in [0.2, 0.25) is 11.8 Å². The average Bonchev–Trinajstić information content (AvgIpc) is 2.93. The summed E-state index contributed by atoms with van der Waals surface area (Å²) in [5, 5.41) is 14.5. The Morgan fingerprint density at radius 2 is 1.47 bits per heavy atom. The summed E-state index contributed by atoms with van der Waals surface area (Å²) in [5.74, 6) is -1.72. The highest BCUT2D eigenvalue weighted by atomic mass is 35.5. The molecule has 1 unspecified atom stereocenters. The number of aromatic carboxylic acids is 1. The number of hydrogen-bond donors (Lipinski definition) is 3. The number of amides is 2. The van der Waals surface area contributed by atoms with Crippen LogP contribution in [-0.4, -0.2) is 22.9 Å². The first-order valence-electron chi connectivity index (χ1n) is 11.6. The van der Waals surface area contributed by atoms with Crippen LogP contribution >= 0.6 is 23.4 Å². The smallest absolute Gasteiger partial charge is 0.335 e. The molecule has 0 radical (unpaired) electrons. The van der Waals surface area contributed by atoms with Gasteiger partial charge in [-0.1, -0.05) is 72.3 Å². The molecule has 38 heavy (non-hydrogen) atoms. The van der Waals surface area contributed by atoms with Crippen LogP contribution in [0.2, 0.25) is 5.02 Å². The lowest BCUT2D eigenvalue weighted by molar-refractivity contribution is -0.116. The highest BCUT2D eigenvalue weighted by Gasteiger charge is 2.23. The van der Waals surface area contributed by atoms with E-state index < -0.39 is 11.2 Å². The zero-order valence-electron chi connectivity index (χ0n) is 20.0. The maximum atomic E-state index is 13.3. The van der Waals surface area contributed by atoms with Crippen molar-refractivity contribution in [3.8, 4) is 0 Å². The van der Waals surface area contributed by atoms with Gasteiger partial charge in [-0.15, -0.1) is 11.8 Å². The number of anilines is 2. The van der Waals surface area contributed by atoms with Crippen LogP contribution in [0.3, 0.4) is 0 Å². The molecule has 0 saturated heterocycles. The van der Waals surface area contributed by atoms with Crippen LogP contribution < -0.4 is 10.6 Å². The Bertz CT molecular complexity index is 1460. The molecule has 190 valence electrons. The van der Waals surface area contributed by atoms with Crippen LogP contribution in [0.5, 0.6) is 0 Å². The van der Waals surface area contributed by atoms with Crippen LogP contribution in [0.4, 0.5) is 11.4 Å². The van der Waals surface area contributed by atoms with Crippen molar-refractivity contribution in [1.82, 2.24) is 0 Å². The van der Waals surface area contributed by atoms with Crippen molar-refractivity contribution in [1.29, 1.82) is 0 Å². The molecule has 3 N–H and O–H groups in total. The molecule has 2 amide bonds. The number of rotatable bonds is 9. The second-order valence-electron chi connectivity index (χ2n) is 8.16. The van der Waals surface area contributed by atoms with Crippen molar-refractivity contribution in [3.63, 3.8) is 0 Å². The summed E-state index contributed by atoms with van der Waals surface area (Å²) in [6.45, 7) is 0. The van der Waals surface area contributed by atoms with Gasteiger partial charge in [-0.25, -0.2) is 4.79 Å². The predicted octanol–water partition coefficient (Wildman–Crippen LogP) is 7.16. The Hall–Kier alpha value is -4.33. The molecule has 0 aliphatic heterocycles. The molecule has 0 bridgehead atoms. The summed E-state index contributed by atoms with van der Waals surface area (Å²) in [6, 6.07) is 30.1. The maximum Gasteiger partial charge on any atom is 0.335 e. The van der Waals surface area contributed by atoms with E-state index in [0.717, 1.165) is 16.0 Å². The van der Waals surface area contributed by atoms with E-state index in [9.17, 15) is 19.5 Å². The second-order valence-corrected chi connectivity index (χ2v) is 9.74. The standard InChI is InChI=1S/C30H23ClN2O4S/c31-25-17-12-22(30(36)37)19-26(25)33-29(35)28(21-9-5-2-6-10-21)38-24-15-13-23(14-16-24)32-27(34)18-11-20-7-3-1-4-8-20/h1-19,28H,(H,32,34)(H,33,35)(H,36,37)/b18-11+. The third-order valence-electron chi connectivity index (χ3n) is 5.41. The predicted molar refractivity (Wildman–Crippen MR) is 153 cm³/mol. The zero-order chi connectivity index (χ0) is 26.9. The van der Waals surface area contributed by atoms with Gasteiger partial charge in [0.25, 0.3) is 0 Å². The van der Waals surface area contributed by atoms with Gasteiger partial charge < -0.3 is 15.7 Å². The van der Waals surface area contributed by atoms with Crippen molar-refractivity contribution >= 4 is 58.6 Å². The van der Waals surface area contributed by atoms with Gasteiger partial charge in [-0.2, -0.15) is 0 Å².